The van der Waals surface area contributed by atoms with Gasteiger partial charge in [0.25, 0.3) is 0 Å². The van der Waals surface area contributed by atoms with Gasteiger partial charge in [0.1, 0.15) is 5.75 Å². The van der Waals surface area contributed by atoms with E-state index in [4.69, 9.17) is 10.5 Å². The van der Waals surface area contributed by atoms with Crippen molar-refractivity contribution in [3.05, 3.63) is 29.8 Å². The van der Waals surface area contributed by atoms with E-state index in [1.54, 1.807) is 0 Å². The van der Waals surface area contributed by atoms with E-state index in [1.165, 1.54) is 5.56 Å². The van der Waals surface area contributed by atoms with Crippen molar-refractivity contribution in [1.29, 1.82) is 0 Å². The zero-order valence-corrected chi connectivity index (χ0v) is 13.6. The van der Waals surface area contributed by atoms with Gasteiger partial charge in [0.15, 0.2) is 0 Å². The number of benzene rings is 1. The third-order valence-corrected chi connectivity index (χ3v) is 4.72. The summed E-state index contributed by atoms with van der Waals surface area (Å²) in [4.78, 5) is 0. The molecule has 0 spiro atoms. The lowest BCUT2D eigenvalue weighted by molar-refractivity contribution is 0.143. The normalized spacial score (nSPS) is 26.0. The summed E-state index contributed by atoms with van der Waals surface area (Å²) in [6.07, 6.45) is 4.05. The van der Waals surface area contributed by atoms with E-state index in [9.17, 15) is 5.11 Å². The second kappa shape index (κ2) is 6.37. The molecule has 1 aromatic carbocycles. The quantitative estimate of drug-likeness (QED) is 0.875. The van der Waals surface area contributed by atoms with E-state index in [1.807, 2.05) is 12.1 Å². The van der Waals surface area contributed by atoms with Gasteiger partial charge < -0.3 is 15.6 Å². The summed E-state index contributed by atoms with van der Waals surface area (Å²) in [6.45, 7) is 7.33. The second-order valence-electron chi connectivity index (χ2n) is 7.36. The fraction of sp³-hybridized carbons (Fsp3) is 0.667. The summed E-state index contributed by atoms with van der Waals surface area (Å²) in [5, 5.41) is 9.50. The fourth-order valence-electron chi connectivity index (χ4n) is 3.33. The molecule has 0 amide bonds. The minimum absolute atomic E-state index is 0.0761. The van der Waals surface area contributed by atoms with Crippen LogP contribution >= 0.6 is 0 Å². The smallest absolute Gasteiger partial charge is 0.123 e. The number of ether oxygens (including phenoxy) is 1. The van der Waals surface area contributed by atoms with Crippen LogP contribution < -0.4 is 10.5 Å². The van der Waals surface area contributed by atoms with Crippen LogP contribution in [0.5, 0.6) is 5.75 Å². The molecule has 2 rings (SSSR count). The first kappa shape index (κ1) is 16.3. The van der Waals surface area contributed by atoms with Gasteiger partial charge in [0.05, 0.1) is 13.2 Å². The molecule has 118 valence electrons. The molecule has 1 aliphatic rings. The number of aliphatic hydroxyl groups is 1. The number of rotatable bonds is 5. The molecular formula is C18H29NO2. The van der Waals surface area contributed by atoms with Gasteiger partial charge in [-0.3, -0.25) is 0 Å². The minimum Gasteiger partial charge on any atom is -0.493 e. The molecule has 1 saturated carbocycles. The van der Waals surface area contributed by atoms with Crippen molar-refractivity contribution in [2.75, 3.05) is 13.2 Å². The first-order valence-corrected chi connectivity index (χ1v) is 7.99. The molecule has 0 heterocycles. The number of hydrogen-bond acceptors (Lipinski definition) is 3. The molecule has 2 atom stereocenters. The Morgan fingerprint density at radius 3 is 2.71 bits per heavy atom. The molecule has 3 heteroatoms. The molecule has 0 radical (unpaired) electrons. The van der Waals surface area contributed by atoms with Gasteiger partial charge in [-0.2, -0.15) is 0 Å². The molecule has 3 N–H and O–H groups in total. The van der Waals surface area contributed by atoms with E-state index in [2.05, 4.69) is 32.9 Å². The highest BCUT2D eigenvalue weighted by molar-refractivity contribution is 5.38. The summed E-state index contributed by atoms with van der Waals surface area (Å²) in [5.41, 5.74) is 7.19. The minimum atomic E-state index is -0.396. The van der Waals surface area contributed by atoms with Crippen molar-refractivity contribution < 1.29 is 9.84 Å². The SMILES string of the molecule is CC(C)(C)c1ccccc1OCCC1CCCC1(N)CO. The summed E-state index contributed by atoms with van der Waals surface area (Å²) in [7, 11) is 0. The zero-order chi connectivity index (χ0) is 15.5. The van der Waals surface area contributed by atoms with Gasteiger partial charge in [-0.05, 0) is 42.2 Å². The first-order valence-electron chi connectivity index (χ1n) is 7.99. The van der Waals surface area contributed by atoms with Crippen LogP contribution in [0.1, 0.15) is 52.0 Å². The van der Waals surface area contributed by atoms with E-state index in [0.717, 1.165) is 31.4 Å². The Morgan fingerprint density at radius 2 is 2.05 bits per heavy atom. The number of para-hydroxylation sites is 1. The van der Waals surface area contributed by atoms with Crippen molar-refractivity contribution in [2.24, 2.45) is 11.7 Å². The summed E-state index contributed by atoms with van der Waals surface area (Å²) < 4.78 is 6.03. The molecule has 1 fully saturated rings. The van der Waals surface area contributed by atoms with Crippen molar-refractivity contribution >= 4 is 0 Å². The Balaban J connectivity index is 1.96. The predicted octanol–water partition coefficient (Wildman–Crippen LogP) is 3.24. The molecule has 0 aromatic heterocycles. The maximum Gasteiger partial charge on any atom is 0.123 e. The summed E-state index contributed by atoms with van der Waals surface area (Å²) in [5.74, 6) is 1.33. The molecule has 0 bridgehead atoms. The van der Waals surface area contributed by atoms with Gasteiger partial charge in [-0.15, -0.1) is 0 Å². The lowest BCUT2D eigenvalue weighted by Gasteiger charge is -2.29. The van der Waals surface area contributed by atoms with E-state index < -0.39 is 5.54 Å². The first-order chi connectivity index (χ1) is 9.87. The lowest BCUT2D eigenvalue weighted by Crippen LogP contribution is -2.47. The molecule has 0 aliphatic heterocycles. The molecule has 3 nitrogen and oxygen atoms in total. The van der Waals surface area contributed by atoms with Gasteiger partial charge in [-0.1, -0.05) is 45.4 Å². The Labute approximate surface area is 128 Å². The van der Waals surface area contributed by atoms with Crippen molar-refractivity contribution in [3.63, 3.8) is 0 Å². The van der Waals surface area contributed by atoms with Gasteiger partial charge in [-0.25, -0.2) is 0 Å². The zero-order valence-electron chi connectivity index (χ0n) is 13.6. The monoisotopic (exact) mass is 291 g/mol. The molecule has 1 aromatic rings. The molecule has 2 unspecified atom stereocenters. The van der Waals surface area contributed by atoms with Crippen LogP contribution in [0.2, 0.25) is 0 Å². The molecular weight excluding hydrogens is 262 g/mol. The average molecular weight is 291 g/mol. The van der Waals surface area contributed by atoms with Crippen LogP contribution in [0.25, 0.3) is 0 Å². The maximum absolute atomic E-state index is 9.50. The summed E-state index contributed by atoms with van der Waals surface area (Å²) >= 11 is 0. The van der Waals surface area contributed by atoms with E-state index >= 15 is 0 Å². The Hall–Kier alpha value is -1.06. The van der Waals surface area contributed by atoms with Crippen molar-refractivity contribution in [1.82, 2.24) is 0 Å². The van der Waals surface area contributed by atoms with E-state index in [-0.39, 0.29) is 12.0 Å². The van der Waals surface area contributed by atoms with Gasteiger partial charge >= 0.3 is 0 Å². The van der Waals surface area contributed by atoms with Crippen LogP contribution in [0.3, 0.4) is 0 Å². The fourth-order valence-corrected chi connectivity index (χ4v) is 3.33. The van der Waals surface area contributed by atoms with Crippen molar-refractivity contribution in [2.45, 2.75) is 57.4 Å². The number of hydrogen-bond donors (Lipinski definition) is 2. The van der Waals surface area contributed by atoms with Gasteiger partial charge in [0.2, 0.25) is 0 Å². The molecule has 0 saturated heterocycles. The number of aliphatic hydroxyl groups excluding tert-OH is 1. The summed E-state index contributed by atoms with van der Waals surface area (Å²) in [6, 6.07) is 8.24. The van der Waals surface area contributed by atoms with Crippen LogP contribution in [0.4, 0.5) is 0 Å². The molecule has 1 aliphatic carbocycles. The van der Waals surface area contributed by atoms with Crippen LogP contribution in [-0.2, 0) is 5.41 Å². The lowest BCUT2D eigenvalue weighted by atomic mass is 9.86. The highest BCUT2D eigenvalue weighted by Gasteiger charge is 2.38. The third-order valence-electron chi connectivity index (χ3n) is 4.72. The van der Waals surface area contributed by atoms with Crippen LogP contribution in [0, 0.1) is 5.92 Å². The van der Waals surface area contributed by atoms with Crippen molar-refractivity contribution in [3.8, 4) is 5.75 Å². The van der Waals surface area contributed by atoms with E-state index in [0.29, 0.717) is 12.5 Å². The second-order valence-corrected chi connectivity index (χ2v) is 7.36. The predicted molar refractivity (Wildman–Crippen MR) is 86.6 cm³/mol. The maximum atomic E-state index is 9.50. The van der Waals surface area contributed by atoms with Gasteiger partial charge in [0, 0.05) is 5.54 Å². The van der Waals surface area contributed by atoms with Crippen LogP contribution in [-0.4, -0.2) is 23.9 Å². The average Bonchev–Trinajstić information content (AvgIpc) is 2.80. The van der Waals surface area contributed by atoms with Crippen LogP contribution in [0.15, 0.2) is 24.3 Å². The Kier molecular flexibility index (Phi) is 4.95. The Morgan fingerprint density at radius 1 is 1.33 bits per heavy atom. The highest BCUT2D eigenvalue weighted by Crippen LogP contribution is 2.36. The largest absolute Gasteiger partial charge is 0.493 e. The Bertz CT molecular complexity index is 467. The topological polar surface area (TPSA) is 55.5 Å². The third kappa shape index (κ3) is 3.78. The number of nitrogens with two attached hydrogens (primary N) is 1. The molecule has 21 heavy (non-hydrogen) atoms. The standard InChI is InChI=1S/C18H29NO2/c1-17(2,3)15-8-4-5-9-16(15)21-12-10-14-7-6-11-18(14,19)13-20/h4-5,8-9,14,20H,6-7,10-13,19H2,1-3H3. The highest BCUT2D eigenvalue weighted by atomic mass is 16.5.